The number of carbonyl (C=O) groups excluding carboxylic acids is 2. The van der Waals surface area contributed by atoms with E-state index in [0.29, 0.717) is 17.4 Å². The van der Waals surface area contributed by atoms with Crippen LogP contribution in [0.25, 0.3) is 0 Å². The Morgan fingerprint density at radius 2 is 1.86 bits per heavy atom. The molecule has 1 aliphatic rings. The molecule has 1 aromatic carbocycles. The van der Waals surface area contributed by atoms with Gasteiger partial charge in [0.25, 0.3) is 0 Å². The third kappa shape index (κ3) is 3.97. The maximum atomic E-state index is 12.0. The van der Waals surface area contributed by atoms with E-state index in [1.54, 1.807) is 24.3 Å². The molecule has 1 fully saturated rings. The summed E-state index contributed by atoms with van der Waals surface area (Å²) in [6.07, 6.45) is 4.33. The summed E-state index contributed by atoms with van der Waals surface area (Å²) < 4.78 is 5.15. The minimum absolute atomic E-state index is 0.0923. The zero-order chi connectivity index (χ0) is 15.2. The fraction of sp³-hybridized carbons (Fsp3) is 0.500. The van der Waals surface area contributed by atoms with Crippen LogP contribution in [0.15, 0.2) is 24.3 Å². The smallest absolute Gasteiger partial charge is 0.313 e. The van der Waals surface area contributed by atoms with Gasteiger partial charge in [-0.25, -0.2) is 0 Å². The molecule has 2 rings (SSSR count). The van der Waals surface area contributed by atoms with Crippen LogP contribution in [0.4, 0.5) is 5.69 Å². The molecule has 0 saturated heterocycles. The highest BCUT2D eigenvalue weighted by atomic mass is 16.5. The average Bonchev–Trinajstić information content (AvgIpc) is 2.50. The Kier molecular flexibility index (Phi) is 5.20. The number of methoxy groups -OCH3 is 1. The van der Waals surface area contributed by atoms with Crippen LogP contribution in [0.5, 0.6) is 5.75 Å². The van der Waals surface area contributed by atoms with Crippen molar-refractivity contribution in [3.8, 4) is 5.75 Å². The first kappa shape index (κ1) is 15.4. The number of amides is 2. The summed E-state index contributed by atoms with van der Waals surface area (Å²) in [6, 6.07) is 7.11. The highest BCUT2D eigenvalue weighted by Gasteiger charge is 2.25. The zero-order valence-electron chi connectivity index (χ0n) is 12.5. The monoisotopic (exact) mass is 290 g/mol. The van der Waals surface area contributed by atoms with Crippen molar-refractivity contribution in [2.24, 2.45) is 5.92 Å². The number of carbonyl (C=O) groups is 2. The van der Waals surface area contributed by atoms with Crippen LogP contribution < -0.4 is 15.4 Å². The predicted molar refractivity (Wildman–Crippen MR) is 81.2 cm³/mol. The lowest BCUT2D eigenvalue weighted by atomic mass is 9.86. The lowest BCUT2D eigenvalue weighted by Crippen LogP contribution is -2.45. The molecule has 2 amide bonds. The van der Waals surface area contributed by atoms with Crippen molar-refractivity contribution in [1.29, 1.82) is 0 Å². The summed E-state index contributed by atoms with van der Waals surface area (Å²) in [4.78, 5) is 24.0. The second-order valence-corrected chi connectivity index (χ2v) is 5.50. The van der Waals surface area contributed by atoms with Crippen molar-refractivity contribution in [3.63, 3.8) is 0 Å². The fourth-order valence-electron chi connectivity index (χ4n) is 2.69. The van der Waals surface area contributed by atoms with Gasteiger partial charge >= 0.3 is 11.8 Å². The van der Waals surface area contributed by atoms with Crippen molar-refractivity contribution < 1.29 is 14.3 Å². The van der Waals surface area contributed by atoms with Gasteiger partial charge < -0.3 is 15.4 Å². The second-order valence-electron chi connectivity index (χ2n) is 5.50. The van der Waals surface area contributed by atoms with Crippen LogP contribution in [0.3, 0.4) is 0 Å². The molecule has 5 nitrogen and oxygen atoms in total. The minimum atomic E-state index is -0.655. The zero-order valence-corrected chi connectivity index (χ0v) is 12.5. The van der Waals surface area contributed by atoms with Gasteiger partial charge in [-0.3, -0.25) is 9.59 Å². The quantitative estimate of drug-likeness (QED) is 0.840. The molecule has 0 aromatic heterocycles. The largest absolute Gasteiger partial charge is 0.495 e. The summed E-state index contributed by atoms with van der Waals surface area (Å²) in [6.45, 7) is 2.11. The topological polar surface area (TPSA) is 67.4 Å². The highest BCUT2D eigenvalue weighted by Crippen LogP contribution is 2.24. The molecule has 0 bridgehead atoms. The second kappa shape index (κ2) is 7.11. The third-order valence-corrected chi connectivity index (χ3v) is 3.99. The molecule has 2 atom stereocenters. The number of para-hydroxylation sites is 2. The van der Waals surface area contributed by atoms with Gasteiger partial charge in [-0.05, 0) is 30.9 Å². The number of benzene rings is 1. The molecule has 2 N–H and O–H groups in total. The van der Waals surface area contributed by atoms with Gasteiger partial charge in [-0.1, -0.05) is 31.9 Å². The molecule has 114 valence electrons. The van der Waals surface area contributed by atoms with Crippen LogP contribution in [0.2, 0.25) is 0 Å². The number of ether oxygens (including phenoxy) is 1. The number of hydrogen-bond donors (Lipinski definition) is 2. The van der Waals surface area contributed by atoms with E-state index in [1.807, 2.05) is 0 Å². The first-order valence-electron chi connectivity index (χ1n) is 7.36. The molecule has 1 saturated carbocycles. The maximum Gasteiger partial charge on any atom is 0.313 e. The number of nitrogens with one attached hydrogen (secondary N) is 2. The molecular weight excluding hydrogens is 268 g/mol. The van der Waals surface area contributed by atoms with E-state index in [-0.39, 0.29) is 6.04 Å². The molecular formula is C16H22N2O3. The van der Waals surface area contributed by atoms with Crippen LogP contribution >= 0.6 is 0 Å². The molecule has 0 aliphatic heterocycles. The highest BCUT2D eigenvalue weighted by molar-refractivity contribution is 6.39. The van der Waals surface area contributed by atoms with Gasteiger partial charge in [0.1, 0.15) is 5.75 Å². The summed E-state index contributed by atoms with van der Waals surface area (Å²) in [7, 11) is 1.52. The summed E-state index contributed by atoms with van der Waals surface area (Å²) in [5, 5.41) is 5.42. The number of hydrogen-bond acceptors (Lipinski definition) is 3. The van der Waals surface area contributed by atoms with Crippen molar-refractivity contribution in [2.75, 3.05) is 12.4 Å². The van der Waals surface area contributed by atoms with E-state index >= 15 is 0 Å². The number of anilines is 1. The SMILES string of the molecule is COc1ccccc1NC(=O)C(=O)N[C@H]1CCCC[C@@H]1C. The first-order valence-corrected chi connectivity index (χ1v) is 7.36. The van der Waals surface area contributed by atoms with E-state index < -0.39 is 11.8 Å². The van der Waals surface area contributed by atoms with Crippen molar-refractivity contribution in [3.05, 3.63) is 24.3 Å². The summed E-state index contributed by atoms with van der Waals surface area (Å²) >= 11 is 0. The molecule has 21 heavy (non-hydrogen) atoms. The van der Waals surface area contributed by atoms with E-state index in [9.17, 15) is 9.59 Å². The van der Waals surface area contributed by atoms with Crippen LogP contribution in [0.1, 0.15) is 32.6 Å². The molecule has 1 aromatic rings. The van der Waals surface area contributed by atoms with Gasteiger partial charge in [0.2, 0.25) is 0 Å². The van der Waals surface area contributed by atoms with Crippen LogP contribution in [0, 0.1) is 5.92 Å². The Labute approximate surface area is 125 Å². The lowest BCUT2D eigenvalue weighted by molar-refractivity contribution is -0.137. The van der Waals surface area contributed by atoms with Crippen molar-refractivity contribution in [2.45, 2.75) is 38.6 Å². The van der Waals surface area contributed by atoms with Gasteiger partial charge in [-0.2, -0.15) is 0 Å². The van der Waals surface area contributed by atoms with E-state index in [1.165, 1.54) is 13.5 Å². The van der Waals surface area contributed by atoms with Gasteiger partial charge in [0.05, 0.1) is 12.8 Å². The van der Waals surface area contributed by atoms with Gasteiger partial charge in [-0.15, -0.1) is 0 Å². The van der Waals surface area contributed by atoms with E-state index in [4.69, 9.17) is 4.74 Å². The molecule has 1 aliphatic carbocycles. The minimum Gasteiger partial charge on any atom is -0.495 e. The Bertz CT molecular complexity index is 516. The first-order chi connectivity index (χ1) is 10.1. The van der Waals surface area contributed by atoms with Crippen molar-refractivity contribution in [1.82, 2.24) is 5.32 Å². The van der Waals surface area contributed by atoms with E-state index in [2.05, 4.69) is 17.6 Å². The molecule has 0 radical (unpaired) electrons. The molecule has 0 spiro atoms. The molecule has 0 heterocycles. The Hall–Kier alpha value is -2.04. The predicted octanol–water partition coefficient (Wildman–Crippen LogP) is 2.33. The standard InChI is InChI=1S/C16H22N2O3/c1-11-7-3-4-8-12(11)17-15(19)16(20)18-13-9-5-6-10-14(13)21-2/h5-6,9-12H,3-4,7-8H2,1-2H3,(H,17,19)(H,18,20)/t11-,12-/m0/s1. The van der Waals surface area contributed by atoms with Crippen LogP contribution in [-0.4, -0.2) is 25.0 Å². The number of rotatable bonds is 3. The Morgan fingerprint density at radius 3 is 2.57 bits per heavy atom. The van der Waals surface area contributed by atoms with Crippen LogP contribution in [-0.2, 0) is 9.59 Å². The molecule has 5 heteroatoms. The fourth-order valence-corrected chi connectivity index (χ4v) is 2.69. The van der Waals surface area contributed by atoms with Gasteiger partial charge in [0.15, 0.2) is 0 Å². The third-order valence-electron chi connectivity index (χ3n) is 3.99. The Balaban J connectivity index is 1.94. The van der Waals surface area contributed by atoms with Gasteiger partial charge in [0, 0.05) is 6.04 Å². The maximum absolute atomic E-state index is 12.0. The normalized spacial score (nSPS) is 21.4. The average molecular weight is 290 g/mol. The lowest BCUT2D eigenvalue weighted by Gasteiger charge is -2.29. The van der Waals surface area contributed by atoms with E-state index in [0.717, 1.165) is 19.3 Å². The summed E-state index contributed by atoms with van der Waals surface area (Å²) in [5.41, 5.74) is 0.497. The molecule has 0 unspecified atom stereocenters. The van der Waals surface area contributed by atoms with Crippen molar-refractivity contribution >= 4 is 17.5 Å². The summed E-state index contributed by atoms with van der Waals surface area (Å²) in [5.74, 6) is -0.289. The Morgan fingerprint density at radius 1 is 1.14 bits per heavy atom.